The van der Waals surface area contributed by atoms with Gasteiger partial charge in [-0.05, 0) is 47.0 Å². The summed E-state index contributed by atoms with van der Waals surface area (Å²) in [7, 11) is 3.98. The molecule has 0 aliphatic heterocycles. The highest BCUT2D eigenvalue weighted by Crippen LogP contribution is 2.27. The summed E-state index contributed by atoms with van der Waals surface area (Å²) in [4.78, 5) is 2.07. The summed E-state index contributed by atoms with van der Waals surface area (Å²) in [5, 5.41) is 0. The lowest BCUT2D eigenvalue weighted by molar-refractivity contribution is 0.113. The number of nitrogens with two attached hydrogens (primary N) is 1. The van der Waals surface area contributed by atoms with Crippen molar-refractivity contribution in [3.05, 3.63) is 29.6 Å². The van der Waals surface area contributed by atoms with E-state index in [2.05, 4.69) is 18.7 Å². The minimum absolute atomic E-state index is 0.124. The zero-order chi connectivity index (χ0) is 13.9. The number of nitrogens with zero attached hydrogens (tertiary/aromatic N) is 1. The number of rotatable bonds is 5. The SMILES string of the molecule is C[C@@H](N)c1c(F)cccc1OCC(C)(C)N(C)C. The van der Waals surface area contributed by atoms with Gasteiger partial charge in [-0.2, -0.15) is 0 Å². The van der Waals surface area contributed by atoms with Gasteiger partial charge in [0, 0.05) is 17.1 Å². The largest absolute Gasteiger partial charge is 0.491 e. The molecule has 1 atom stereocenters. The smallest absolute Gasteiger partial charge is 0.131 e. The summed E-state index contributed by atoms with van der Waals surface area (Å²) in [5.74, 6) is 0.213. The van der Waals surface area contributed by atoms with Crippen LogP contribution in [-0.4, -0.2) is 31.1 Å². The molecule has 0 aromatic heterocycles. The molecule has 0 radical (unpaired) electrons. The summed E-state index contributed by atoms with van der Waals surface area (Å²) in [5.41, 5.74) is 6.10. The van der Waals surface area contributed by atoms with E-state index in [0.717, 1.165) is 0 Å². The van der Waals surface area contributed by atoms with Crippen molar-refractivity contribution in [2.45, 2.75) is 32.4 Å². The molecule has 0 amide bonds. The Kier molecular flexibility index (Phi) is 4.71. The van der Waals surface area contributed by atoms with Crippen LogP contribution in [0.1, 0.15) is 32.4 Å². The lowest BCUT2D eigenvalue weighted by Crippen LogP contribution is -2.43. The van der Waals surface area contributed by atoms with Crippen LogP contribution < -0.4 is 10.5 Å². The molecule has 0 bridgehead atoms. The van der Waals surface area contributed by atoms with E-state index in [0.29, 0.717) is 17.9 Å². The molecule has 0 saturated carbocycles. The molecule has 0 spiro atoms. The number of ether oxygens (including phenoxy) is 1. The van der Waals surface area contributed by atoms with Crippen LogP contribution in [0.5, 0.6) is 5.75 Å². The summed E-state index contributed by atoms with van der Waals surface area (Å²) < 4.78 is 19.5. The molecule has 2 N–H and O–H groups in total. The predicted octanol–water partition coefficient (Wildman–Crippen LogP) is 2.56. The van der Waals surface area contributed by atoms with Crippen LogP contribution in [-0.2, 0) is 0 Å². The van der Waals surface area contributed by atoms with E-state index in [1.165, 1.54) is 6.07 Å². The zero-order valence-corrected chi connectivity index (χ0v) is 11.8. The standard InChI is InChI=1S/C14H23FN2O/c1-10(16)13-11(15)7-6-8-12(13)18-9-14(2,3)17(4)5/h6-8,10H,9,16H2,1-5H3/t10-/m1/s1. The number of hydrogen-bond acceptors (Lipinski definition) is 3. The number of halogens is 1. The second kappa shape index (κ2) is 5.67. The van der Waals surface area contributed by atoms with Gasteiger partial charge in [0.15, 0.2) is 0 Å². The Bertz CT molecular complexity index is 403. The average Bonchev–Trinajstić information content (AvgIpc) is 2.25. The molecule has 0 saturated heterocycles. The Morgan fingerprint density at radius 2 is 2.00 bits per heavy atom. The van der Waals surface area contributed by atoms with Gasteiger partial charge in [0.2, 0.25) is 0 Å². The van der Waals surface area contributed by atoms with Crippen molar-refractivity contribution in [1.82, 2.24) is 4.90 Å². The first-order chi connectivity index (χ1) is 8.25. The fourth-order valence-electron chi connectivity index (χ4n) is 1.47. The average molecular weight is 254 g/mol. The van der Waals surface area contributed by atoms with Crippen molar-refractivity contribution in [2.75, 3.05) is 20.7 Å². The zero-order valence-electron chi connectivity index (χ0n) is 11.8. The van der Waals surface area contributed by atoms with Gasteiger partial charge in [-0.25, -0.2) is 4.39 Å². The molecule has 1 aromatic rings. The van der Waals surface area contributed by atoms with E-state index in [1.54, 1.807) is 19.1 Å². The van der Waals surface area contributed by atoms with Gasteiger partial charge < -0.3 is 15.4 Å². The highest BCUT2D eigenvalue weighted by molar-refractivity contribution is 5.36. The van der Waals surface area contributed by atoms with Crippen molar-refractivity contribution in [1.29, 1.82) is 0 Å². The van der Waals surface area contributed by atoms with Crippen molar-refractivity contribution >= 4 is 0 Å². The summed E-state index contributed by atoms with van der Waals surface area (Å²) >= 11 is 0. The minimum Gasteiger partial charge on any atom is -0.491 e. The molecule has 1 rings (SSSR count). The molecular weight excluding hydrogens is 231 g/mol. The predicted molar refractivity (Wildman–Crippen MR) is 72.3 cm³/mol. The second-order valence-corrected chi connectivity index (χ2v) is 5.44. The monoisotopic (exact) mass is 254 g/mol. The second-order valence-electron chi connectivity index (χ2n) is 5.44. The van der Waals surface area contributed by atoms with E-state index in [4.69, 9.17) is 10.5 Å². The molecule has 0 heterocycles. The van der Waals surface area contributed by atoms with E-state index < -0.39 is 0 Å². The molecule has 102 valence electrons. The van der Waals surface area contributed by atoms with Crippen molar-refractivity contribution in [2.24, 2.45) is 5.73 Å². The molecule has 0 fully saturated rings. The molecule has 3 nitrogen and oxygen atoms in total. The third kappa shape index (κ3) is 3.43. The maximum Gasteiger partial charge on any atom is 0.131 e. The highest BCUT2D eigenvalue weighted by Gasteiger charge is 2.23. The van der Waals surface area contributed by atoms with E-state index >= 15 is 0 Å². The lowest BCUT2D eigenvalue weighted by atomic mass is 10.1. The van der Waals surface area contributed by atoms with Crippen LogP contribution in [0, 0.1) is 5.82 Å². The van der Waals surface area contributed by atoms with Gasteiger partial charge in [-0.1, -0.05) is 6.07 Å². The third-order valence-corrected chi connectivity index (χ3v) is 3.26. The Hall–Kier alpha value is -1.13. The Morgan fingerprint density at radius 3 is 2.50 bits per heavy atom. The van der Waals surface area contributed by atoms with Crippen LogP contribution in [0.3, 0.4) is 0 Å². The summed E-state index contributed by atoms with van der Waals surface area (Å²) in [6.45, 7) is 6.36. The topological polar surface area (TPSA) is 38.5 Å². The summed E-state index contributed by atoms with van der Waals surface area (Å²) in [6, 6.07) is 4.42. The molecule has 4 heteroatoms. The van der Waals surface area contributed by atoms with Gasteiger partial charge in [0.25, 0.3) is 0 Å². The Labute approximate surface area is 109 Å². The van der Waals surface area contributed by atoms with Gasteiger partial charge in [0.1, 0.15) is 18.2 Å². The lowest BCUT2D eigenvalue weighted by Gasteiger charge is -2.32. The van der Waals surface area contributed by atoms with Crippen molar-refractivity contribution in [3.8, 4) is 5.75 Å². The molecule has 1 aromatic carbocycles. The fraction of sp³-hybridized carbons (Fsp3) is 0.571. The van der Waals surface area contributed by atoms with Crippen LogP contribution in [0.15, 0.2) is 18.2 Å². The molecule has 0 aliphatic carbocycles. The van der Waals surface area contributed by atoms with Crippen LogP contribution in [0.4, 0.5) is 4.39 Å². The molecule has 0 aliphatic rings. The van der Waals surface area contributed by atoms with Crippen LogP contribution >= 0.6 is 0 Å². The normalized spacial score (nSPS) is 13.8. The minimum atomic E-state index is -0.385. The number of likely N-dealkylation sites (N-methyl/N-ethyl adjacent to an activating group) is 1. The van der Waals surface area contributed by atoms with Crippen LogP contribution in [0.25, 0.3) is 0 Å². The maximum absolute atomic E-state index is 13.7. The van der Waals surface area contributed by atoms with E-state index in [9.17, 15) is 4.39 Å². The summed E-state index contributed by atoms with van der Waals surface area (Å²) in [6.07, 6.45) is 0. The van der Waals surface area contributed by atoms with Crippen molar-refractivity contribution < 1.29 is 9.13 Å². The Morgan fingerprint density at radius 1 is 1.39 bits per heavy atom. The van der Waals surface area contributed by atoms with Gasteiger partial charge in [0.05, 0.1) is 0 Å². The molecular formula is C14H23FN2O. The highest BCUT2D eigenvalue weighted by atomic mass is 19.1. The maximum atomic E-state index is 13.7. The van der Waals surface area contributed by atoms with Crippen molar-refractivity contribution in [3.63, 3.8) is 0 Å². The quantitative estimate of drug-likeness (QED) is 0.877. The van der Waals surface area contributed by atoms with E-state index in [-0.39, 0.29) is 17.4 Å². The fourth-order valence-corrected chi connectivity index (χ4v) is 1.47. The van der Waals surface area contributed by atoms with Crippen LogP contribution in [0.2, 0.25) is 0 Å². The Balaban J connectivity index is 2.89. The van der Waals surface area contributed by atoms with Gasteiger partial charge >= 0.3 is 0 Å². The van der Waals surface area contributed by atoms with Gasteiger partial charge in [-0.15, -0.1) is 0 Å². The third-order valence-electron chi connectivity index (χ3n) is 3.26. The van der Waals surface area contributed by atoms with Gasteiger partial charge in [-0.3, -0.25) is 0 Å². The first-order valence-corrected chi connectivity index (χ1v) is 6.10. The molecule has 18 heavy (non-hydrogen) atoms. The first kappa shape index (κ1) is 14.9. The van der Waals surface area contributed by atoms with E-state index in [1.807, 2.05) is 14.1 Å². The number of hydrogen-bond donors (Lipinski definition) is 1. The number of benzene rings is 1. The first-order valence-electron chi connectivity index (χ1n) is 6.10. The molecule has 0 unspecified atom stereocenters.